The molecule has 0 amide bonds. The Bertz CT molecular complexity index is 3220. The first-order valence-electron chi connectivity index (χ1n) is 20.8. The lowest BCUT2D eigenvalue weighted by molar-refractivity contribution is 0.389. The topological polar surface area (TPSA) is 138 Å². The predicted octanol–water partition coefficient (Wildman–Crippen LogP) is 9.03. The van der Waals surface area contributed by atoms with Gasteiger partial charge in [0.15, 0.2) is 22.9 Å². The minimum absolute atomic E-state index is 0.149. The maximum atomic E-state index is 14.3. The summed E-state index contributed by atoms with van der Waals surface area (Å²) in [5.74, 6) is 2.02. The van der Waals surface area contributed by atoms with Gasteiger partial charge in [-0.15, -0.1) is 0 Å². The molecule has 1 atom stereocenters. The van der Waals surface area contributed by atoms with Gasteiger partial charge in [0.1, 0.15) is 28.3 Å². The zero-order chi connectivity index (χ0) is 42.8. The molecule has 60 heavy (non-hydrogen) atoms. The van der Waals surface area contributed by atoms with Crippen molar-refractivity contribution in [2.45, 2.75) is 105 Å². The molecule has 4 N–H and O–H groups in total. The molecule has 0 spiro atoms. The van der Waals surface area contributed by atoms with Gasteiger partial charge in [0.25, 0.3) is 0 Å². The highest BCUT2D eigenvalue weighted by Crippen LogP contribution is 2.44. The lowest BCUT2D eigenvalue weighted by atomic mass is 9.85. The third-order valence-corrected chi connectivity index (χ3v) is 15.6. The van der Waals surface area contributed by atoms with Crippen LogP contribution in [-0.2, 0) is 21.7 Å². The Morgan fingerprint density at radius 3 is 1.50 bits per heavy atom. The normalized spacial score (nSPS) is 21.6. The first-order valence-corrected chi connectivity index (χ1v) is 22.6. The van der Waals surface area contributed by atoms with Gasteiger partial charge >= 0.3 is 8.64 Å². The second-order valence-corrected chi connectivity index (χ2v) is 23.6. The Labute approximate surface area is 351 Å². The Morgan fingerprint density at radius 2 is 0.917 bits per heavy atom. The van der Waals surface area contributed by atoms with Gasteiger partial charge in [-0.2, -0.15) is 0 Å². The van der Waals surface area contributed by atoms with Gasteiger partial charge in [-0.1, -0.05) is 132 Å². The van der Waals surface area contributed by atoms with E-state index < -0.39 is 8.64 Å². The fraction of sp³-hybridized carbons (Fsp3) is 0.327. The summed E-state index contributed by atoms with van der Waals surface area (Å²) in [4.78, 5) is 40.8. The van der Waals surface area contributed by atoms with E-state index in [2.05, 4.69) is 144 Å². The van der Waals surface area contributed by atoms with Crippen LogP contribution in [0.2, 0.25) is 0 Å². The van der Waals surface area contributed by atoms with Gasteiger partial charge in [-0.3, -0.25) is 8.47 Å². The summed E-state index contributed by atoms with van der Waals surface area (Å²) in [6.45, 7) is 26.1. The summed E-state index contributed by atoms with van der Waals surface area (Å²) in [6, 6.07) is 25.0. The largest absolute Gasteiger partial charge is 0.509 e. The molecular weight excluding hydrogens is 761 g/mol. The van der Waals surface area contributed by atoms with E-state index in [0.29, 0.717) is 45.2 Å². The highest BCUT2D eigenvalue weighted by Gasteiger charge is 2.53. The van der Waals surface area contributed by atoms with E-state index in [9.17, 15) is 9.90 Å². The summed E-state index contributed by atoms with van der Waals surface area (Å²) in [5.41, 5.74) is 15.3. The van der Waals surface area contributed by atoms with Crippen molar-refractivity contribution in [2.24, 2.45) is 25.0 Å². The third kappa shape index (κ3) is 5.30. The van der Waals surface area contributed by atoms with Gasteiger partial charge in [-0.05, 0) is 68.2 Å². The maximum absolute atomic E-state index is 14.3. The molecule has 0 saturated carbocycles. The van der Waals surface area contributed by atoms with Gasteiger partial charge in [0.2, 0.25) is 0 Å². The zero-order valence-corrected chi connectivity index (χ0v) is 37.5. The van der Waals surface area contributed by atoms with Crippen LogP contribution < -0.4 is 16.7 Å². The molecule has 4 bridgehead atoms. The molecule has 0 fully saturated rings. The number of nitrogens with two attached hydrogens (primary N) is 1. The molecule has 10 rings (SSSR count). The molecule has 0 saturated heterocycles. The van der Waals surface area contributed by atoms with Crippen LogP contribution >= 0.6 is 0 Å². The maximum Gasteiger partial charge on any atom is 0.503 e. The van der Waals surface area contributed by atoms with Crippen LogP contribution in [0.1, 0.15) is 128 Å². The van der Waals surface area contributed by atoms with E-state index >= 15 is 0 Å². The number of benzene rings is 4. The van der Waals surface area contributed by atoms with E-state index in [1.165, 1.54) is 0 Å². The quantitative estimate of drug-likeness (QED) is 0.132. The van der Waals surface area contributed by atoms with Crippen molar-refractivity contribution in [3.8, 4) is 0 Å². The summed E-state index contributed by atoms with van der Waals surface area (Å²) >= 11 is 0. The number of aliphatic hydroxyl groups is 1. The lowest BCUT2D eigenvalue weighted by Gasteiger charge is -2.30. The lowest BCUT2D eigenvalue weighted by Crippen LogP contribution is -2.62. The molecule has 2 aromatic heterocycles. The summed E-state index contributed by atoms with van der Waals surface area (Å²) in [5, 5.41) is 15.9. The van der Waals surface area contributed by atoms with Crippen molar-refractivity contribution in [3.05, 3.63) is 134 Å². The average molecular weight is 813 g/mol. The molecule has 0 aliphatic carbocycles. The zero-order valence-electron chi connectivity index (χ0n) is 36.5. The number of amidine groups is 3. The van der Waals surface area contributed by atoms with Crippen molar-refractivity contribution in [2.75, 3.05) is 5.73 Å². The summed E-state index contributed by atoms with van der Waals surface area (Å²) in [7, 11) is -4.83. The molecular formula is C49H52N8O2Si. The number of rotatable bonds is 0. The van der Waals surface area contributed by atoms with E-state index in [1.54, 1.807) is 8.47 Å². The van der Waals surface area contributed by atoms with Crippen LogP contribution in [0.4, 0.5) is 11.6 Å². The highest BCUT2D eigenvalue weighted by molar-refractivity contribution is 6.78. The molecule has 4 aliphatic rings. The predicted molar refractivity (Wildman–Crippen MR) is 246 cm³/mol. The SMILES string of the molecule is CC(C)(C)c1ccc2c(c1)C1=NC/2=C(/O)[Si]2(O)n3c(N)c4cc(C(C)(C)C)ccc4c3/N=C3N=C(/N=c4/c5cc(C(C)(C)C)ccc5/c(n42)=N/1)c1ccc(C(C)(C)C)cc1\3. The van der Waals surface area contributed by atoms with E-state index in [0.717, 1.165) is 55.1 Å². The first-order chi connectivity index (χ1) is 28.0. The Balaban J connectivity index is 1.45. The minimum Gasteiger partial charge on any atom is -0.509 e. The van der Waals surface area contributed by atoms with Crippen LogP contribution in [0, 0.1) is 0 Å². The van der Waals surface area contributed by atoms with Crippen LogP contribution in [0.25, 0.3) is 27.2 Å². The highest BCUT2D eigenvalue weighted by atomic mass is 28.4. The van der Waals surface area contributed by atoms with Crippen molar-refractivity contribution in [3.63, 3.8) is 0 Å². The molecule has 11 heteroatoms. The van der Waals surface area contributed by atoms with Crippen LogP contribution in [0.3, 0.4) is 0 Å². The Kier molecular flexibility index (Phi) is 7.59. The monoisotopic (exact) mass is 812 g/mol. The van der Waals surface area contributed by atoms with E-state index in [4.69, 9.17) is 30.7 Å². The smallest absolute Gasteiger partial charge is 0.503 e. The molecule has 4 aromatic carbocycles. The number of hydrogen-bond donors (Lipinski definition) is 3. The number of aliphatic imine (C=N–C) groups is 3. The second-order valence-electron chi connectivity index (χ2n) is 20.9. The van der Waals surface area contributed by atoms with Gasteiger partial charge in [-0.25, -0.2) is 25.0 Å². The number of aromatic nitrogens is 2. The number of hydrogen-bond acceptors (Lipinski definition) is 8. The summed E-state index contributed by atoms with van der Waals surface area (Å²) in [6.07, 6.45) is 0. The fourth-order valence-corrected chi connectivity index (χ4v) is 11.9. The summed E-state index contributed by atoms with van der Waals surface area (Å²) < 4.78 is 3.44. The molecule has 304 valence electrons. The standard InChI is InChI=1S/C49H52N8O2Si/c1-46(2,3)25-15-19-31-33(21-25)38(50)56-42(31)55-41-35-23-27(48(7,8)9)14-18-30(35)39(52-41)53-44-36-24-28(49(10,11)12)16-20-32(36)43-54-40-34-22-26(47(4,5)6)13-17-29(34)37(51-40)45(58)60(56,59)57(43)44/h13-24,58-59H,50H2,1-12H3/b45-37-,53-44-,54-43-,55-41-. The van der Waals surface area contributed by atoms with Crippen molar-refractivity contribution < 1.29 is 9.90 Å². The average Bonchev–Trinajstić information content (AvgIpc) is 3.87. The molecule has 4 aliphatic heterocycles. The van der Waals surface area contributed by atoms with Gasteiger partial charge in [0.05, 0.1) is 0 Å². The third-order valence-electron chi connectivity index (χ3n) is 12.6. The van der Waals surface area contributed by atoms with Crippen LogP contribution in [-0.4, -0.2) is 44.5 Å². The molecule has 6 aromatic rings. The number of anilines is 1. The molecule has 6 heterocycles. The number of nitrogen functional groups attached to an aromatic ring is 1. The molecule has 0 radical (unpaired) electrons. The van der Waals surface area contributed by atoms with Gasteiger partial charge < -0.3 is 15.6 Å². The van der Waals surface area contributed by atoms with Gasteiger partial charge in [0, 0.05) is 43.8 Å². The second kappa shape index (κ2) is 11.9. The molecule has 1 unspecified atom stereocenters. The van der Waals surface area contributed by atoms with Crippen LogP contribution in [0.5, 0.6) is 0 Å². The number of aliphatic hydroxyl groups excluding tert-OH is 1. The Hall–Kier alpha value is -5.91. The molecule has 10 nitrogen and oxygen atoms in total. The Morgan fingerprint density at radius 1 is 0.467 bits per heavy atom. The first kappa shape index (κ1) is 38.3. The number of nitrogens with zero attached hydrogens (tertiary/aromatic N) is 7. The van der Waals surface area contributed by atoms with Crippen molar-refractivity contribution in [1.29, 1.82) is 0 Å². The van der Waals surface area contributed by atoms with E-state index in [1.807, 2.05) is 12.1 Å². The van der Waals surface area contributed by atoms with Crippen LogP contribution in [0.15, 0.2) is 103 Å². The minimum atomic E-state index is -4.83. The fourth-order valence-electron chi connectivity index (χ4n) is 8.89. The van der Waals surface area contributed by atoms with Crippen molar-refractivity contribution in [1.82, 2.24) is 8.47 Å². The van der Waals surface area contributed by atoms with Crippen molar-refractivity contribution >= 4 is 65.0 Å². The number of fused-ring (bicyclic) bond motifs is 15. The van der Waals surface area contributed by atoms with E-state index in [-0.39, 0.29) is 38.6 Å².